The number of halogens is 1. The molecule has 2 rings (SSSR count). The highest BCUT2D eigenvalue weighted by Gasteiger charge is 2.32. The van der Waals surface area contributed by atoms with Gasteiger partial charge in [0, 0.05) is 18.0 Å². The molecule has 1 aliphatic carbocycles. The van der Waals surface area contributed by atoms with Gasteiger partial charge >= 0.3 is 6.09 Å². The Morgan fingerprint density at radius 1 is 1.40 bits per heavy atom. The van der Waals surface area contributed by atoms with Gasteiger partial charge in [-0.2, -0.15) is 0 Å². The van der Waals surface area contributed by atoms with Crippen molar-refractivity contribution < 1.29 is 9.53 Å². The molecule has 0 bridgehead atoms. The average Bonchev–Trinajstić information content (AvgIpc) is 3.32. The summed E-state index contributed by atoms with van der Waals surface area (Å²) in [5.74, 6) is 1.31. The Bertz CT molecular complexity index is 561. The van der Waals surface area contributed by atoms with Crippen LogP contribution >= 0.6 is 35.3 Å². The first-order chi connectivity index (χ1) is 11.6. The summed E-state index contributed by atoms with van der Waals surface area (Å²) in [6.07, 6.45) is 1.97. The standard InChI is InChI=1S/C17H28N4O2S.HI/c1-4-18-16(20-11-15-12(3)8-9-24-15)19-10-14(13-6-7-13)21-17(22)23-5-2;/h8-9,13-14H,4-7,10-11H2,1-3H3,(H,21,22)(H2,18,19,20);1H. The molecular formula is C17H29IN4O2S. The molecule has 1 atom stereocenters. The molecule has 1 unspecified atom stereocenters. The largest absolute Gasteiger partial charge is 0.450 e. The zero-order valence-corrected chi connectivity index (χ0v) is 18.3. The first-order valence-corrected chi connectivity index (χ1v) is 9.50. The van der Waals surface area contributed by atoms with Crippen molar-refractivity contribution in [1.29, 1.82) is 0 Å². The van der Waals surface area contributed by atoms with Crippen molar-refractivity contribution in [3.8, 4) is 0 Å². The van der Waals surface area contributed by atoms with Gasteiger partial charge in [-0.15, -0.1) is 35.3 Å². The van der Waals surface area contributed by atoms with Crippen LogP contribution in [0.2, 0.25) is 0 Å². The van der Waals surface area contributed by atoms with Crippen LogP contribution in [0.1, 0.15) is 37.1 Å². The molecule has 0 saturated heterocycles. The van der Waals surface area contributed by atoms with Gasteiger partial charge in [0.05, 0.1) is 19.2 Å². The van der Waals surface area contributed by atoms with E-state index >= 15 is 0 Å². The molecule has 1 aromatic rings. The molecule has 1 amide bonds. The van der Waals surface area contributed by atoms with Crippen molar-refractivity contribution in [2.45, 2.75) is 46.2 Å². The number of aliphatic imine (C=N–C) groups is 1. The molecule has 0 aromatic carbocycles. The van der Waals surface area contributed by atoms with Crippen LogP contribution in [0.4, 0.5) is 4.79 Å². The topological polar surface area (TPSA) is 74.8 Å². The van der Waals surface area contributed by atoms with Crippen molar-refractivity contribution in [3.05, 3.63) is 21.9 Å². The fourth-order valence-corrected chi connectivity index (χ4v) is 3.25. The van der Waals surface area contributed by atoms with Crippen molar-refractivity contribution in [3.63, 3.8) is 0 Å². The van der Waals surface area contributed by atoms with E-state index in [1.807, 2.05) is 13.8 Å². The van der Waals surface area contributed by atoms with Crippen LogP contribution in [-0.4, -0.2) is 37.8 Å². The van der Waals surface area contributed by atoms with Crippen LogP contribution in [0.5, 0.6) is 0 Å². The summed E-state index contributed by atoms with van der Waals surface area (Å²) in [4.78, 5) is 17.6. The molecular weight excluding hydrogens is 451 g/mol. The Hall–Kier alpha value is -1.03. The lowest BCUT2D eigenvalue weighted by Gasteiger charge is -2.20. The minimum atomic E-state index is -0.340. The number of amides is 1. The second-order valence-electron chi connectivity index (χ2n) is 5.91. The van der Waals surface area contributed by atoms with E-state index in [1.54, 1.807) is 11.3 Å². The molecule has 1 aliphatic rings. The summed E-state index contributed by atoms with van der Waals surface area (Å²) >= 11 is 1.73. The number of rotatable bonds is 8. The van der Waals surface area contributed by atoms with Crippen LogP contribution in [0.15, 0.2) is 16.4 Å². The van der Waals surface area contributed by atoms with E-state index in [2.05, 4.69) is 39.3 Å². The number of aryl methyl sites for hydroxylation is 1. The van der Waals surface area contributed by atoms with Gasteiger partial charge in [0.1, 0.15) is 0 Å². The Balaban J connectivity index is 0.00000312. The lowest BCUT2D eigenvalue weighted by Crippen LogP contribution is -2.48. The van der Waals surface area contributed by atoms with Gasteiger partial charge in [-0.3, -0.25) is 0 Å². The van der Waals surface area contributed by atoms with Gasteiger partial charge in [0.15, 0.2) is 5.96 Å². The normalized spacial score (nSPS) is 15.1. The van der Waals surface area contributed by atoms with Crippen molar-refractivity contribution >= 4 is 47.4 Å². The number of ether oxygens (including phenoxy) is 1. The van der Waals surface area contributed by atoms with Crippen molar-refractivity contribution in [1.82, 2.24) is 16.0 Å². The van der Waals surface area contributed by atoms with Crippen LogP contribution in [0, 0.1) is 12.8 Å². The molecule has 0 spiro atoms. The number of nitrogens with zero attached hydrogens (tertiary/aromatic N) is 1. The summed E-state index contributed by atoms with van der Waals surface area (Å²) in [5, 5.41) is 11.6. The second-order valence-corrected chi connectivity index (χ2v) is 6.91. The molecule has 1 fully saturated rings. The minimum Gasteiger partial charge on any atom is -0.450 e. The molecule has 1 heterocycles. The van der Waals surface area contributed by atoms with Gasteiger partial charge in [-0.05, 0) is 56.5 Å². The van der Waals surface area contributed by atoms with Gasteiger partial charge in [0.2, 0.25) is 0 Å². The van der Waals surface area contributed by atoms with E-state index in [4.69, 9.17) is 4.74 Å². The monoisotopic (exact) mass is 480 g/mol. The van der Waals surface area contributed by atoms with Gasteiger partial charge < -0.3 is 20.7 Å². The zero-order valence-electron chi connectivity index (χ0n) is 15.1. The predicted octanol–water partition coefficient (Wildman–Crippen LogP) is 3.25. The van der Waals surface area contributed by atoms with Crippen LogP contribution in [0.3, 0.4) is 0 Å². The Labute approximate surface area is 171 Å². The Morgan fingerprint density at radius 2 is 2.16 bits per heavy atom. The Morgan fingerprint density at radius 3 is 2.72 bits per heavy atom. The summed E-state index contributed by atoms with van der Waals surface area (Å²) in [5.41, 5.74) is 1.28. The molecule has 6 nitrogen and oxygen atoms in total. The molecule has 3 N–H and O–H groups in total. The number of carbonyl (C=O) groups excluding carboxylic acids is 1. The maximum Gasteiger partial charge on any atom is 0.407 e. The van der Waals surface area contributed by atoms with Gasteiger partial charge in [0.25, 0.3) is 0 Å². The van der Waals surface area contributed by atoms with E-state index in [1.165, 1.54) is 10.4 Å². The molecule has 8 heteroatoms. The third-order valence-corrected chi connectivity index (χ3v) is 4.96. The van der Waals surface area contributed by atoms with Crippen LogP contribution in [0.25, 0.3) is 0 Å². The fraction of sp³-hybridized carbons (Fsp3) is 0.647. The number of nitrogens with one attached hydrogen (secondary N) is 3. The van der Waals surface area contributed by atoms with Gasteiger partial charge in [-0.25, -0.2) is 9.79 Å². The summed E-state index contributed by atoms with van der Waals surface area (Å²) in [7, 11) is 0. The maximum absolute atomic E-state index is 11.7. The highest BCUT2D eigenvalue weighted by atomic mass is 127. The minimum absolute atomic E-state index is 0. The van der Waals surface area contributed by atoms with E-state index in [0.717, 1.165) is 25.3 Å². The average molecular weight is 480 g/mol. The fourth-order valence-electron chi connectivity index (χ4n) is 2.42. The highest BCUT2D eigenvalue weighted by Crippen LogP contribution is 2.32. The first-order valence-electron chi connectivity index (χ1n) is 8.62. The number of alkyl carbamates (subject to hydrolysis) is 1. The maximum atomic E-state index is 11.7. The SMILES string of the molecule is CCNC(=NCc1sccc1C)NCC(NC(=O)OCC)C1CC1.I. The third kappa shape index (κ3) is 7.81. The molecule has 1 aromatic heterocycles. The molecule has 0 aliphatic heterocycles. The van der Waals surface area contributed by atoms with Crippen LogP contribution in [-0.2, 0) is 11.3 Å². The van der Waals surface area contributed by atoms with Gasteiger partial charge in [-0.1, -0.05) is 0 Å². The second kappa shape index (κ2) is 11.6. The van der Waals surface area contributed by atoms with Crippen LogP contribution < -0.4 is 16.0 Å². The molecule has 25 heavy (non-hydrogen) atoms. The third-order valence-electron chi connectivity index (χ3n) is 3.95. The molecule has 1 saturated carbocycles. The first kappa shape index (κ1) is 22.0. The quantitative estimate of drug-likeness (QED) is 0.304. The molecule has 142 valence electrons. The number of guanidine groups is 1. The number of hydrogen-bond acceptors (Lipinski definition) is 4. The van der Waals surface area contributed by atoms with Crippen molar-refractivity contribution in [2.24, 2.45) is 10.9 Å². The van der Waals surface area contributed by atoms with E-state index in [-0.39, 0.29) is 36.1 Å². The highest BCUT2D eigenvalue weighted by molar-refractivity contribution is 14.0. The smallest absolute Gasteiger partial charge is 0.407 e. The van der Waals surface area contributed by atoms with E-state index in [0.29, 0.717) is 25.6 Å². The molecule has 0 radical (unpaired) electrons. The summed E-state index contributed by atoms with van der Waals surface area (Å²) < 4.78 is 4.99. The lowest BCUT2D eigenvalue weighted by molar-refractivity contribution is 0.146. The Kier molecular flexibility index (Phi) is 10.2. The summed E-state index contributed by atoms with van der Waals surface area (Å²) in [6.45, 7) is 8.47. The van der Waals surface area contributed by atoms with E-state index < -0.39 is 0 Å². The number of hydrogen-bond donors (Lipinski definition) is 3. The summed E-state index contributed by atoms with van der Waals surface area (Å²) in [6, 6.07) is 2.19. The number of thiophene rings is 1. The zero-order chi connectivity index (χ0) is 17.4. The van der Waals surface area contributed by atoms with Crippen molar-refractivity contribution in [2.75, 3.05) is 19.7 Å². The lowest BCUT2D eigenvalue weighted by atomic mass is 10.2. The predicted molar refractivity (Wildman–Crippen MR) is 114 cm³/mol. The number of carbonyl (C=O) groups is 1. The van der Waals surface area contributed by atoms with E-state index in [9.17, 15) is 4.79 Å².